The summed E-state index contributed by atoms with van der Waals surface area (Å²) in [6.45, 7) is 3.89. The summed E-state index contributed by atoms with van der Waals surface area (Å²) in [6, 6.07) is 7.51. The minimum Gasteiger partial charge on any atom is -0.508 e. The van der Waals surface area contributed by atoms with Crippen LogP contribution < -0.4 is 43.8 Å². The van der Waals surface area contributed by atoms with Crippen molar-refractivity contribution in [3.8, 4) is 5.75 Å². The molecule has 2 aromatic heterocycles. The smallest absolute Gasteiger partial charge is 0.226 e. The molecule has 28 nitrogen and oxygen atoms in total. The van der Waals surface area contributed by atoms with E-state index in [0.717, 1.165) is 10.9 Å². The summed E-state index contributed by atoms with van der Waals surface area (Å²) in [4.78, 5) is 183. The van der Waals surface area contributed by atoms with Gasteiger partial charge in [-0.3, -0.25) is 62.5 Å². The summed E-state index contributed by atoms with van der Waals surface area (Å²) in [5.74, 6) is -11.2. The van der Waals surface area contributed by atoms with Crippen LogP contribution in [0.1, 0.15) is 140 Å². The van der Waals surface area contributed by atoms with E-state index in [2.05, 4.69) is 59.2 Å². The van der Waals surface area contributed by atoms with E-state index in [1.54, 1.807) is 12.3 Å². The Bertz CT molecular complexity index is 3390. The number of imidazole rings is 1. The number of benzene rings is 2. The molecule has 6 rings (SSSR count). The number of hydrogen-bond acceptors (Lipinski definition) is 18. The fourth-order valence-corrected chi connectivity index (χ4v) is 12.5. The number of likely N-dealkylation sites (tertiary alicyclic amines) is 1. The maximum absolute atomic E-state index is 15.1. The number of primary amides is 1. The molecule has 98 heavy (non-hydrogen) atoms. The molecular formula is C69H97N13O15S. The fourth-order valence-electron chi connectivity index (χ4n) is 12.4. The zero-order valence-corrected chi connectivity index (χ0v) is 56.8. The predicted molar refractivity (Wildman–Crippen MR) is 366 cm³/mol. The van der Waals surface area contributed by atoms with E-state index in [0.29, 0.717) is 48.4 Å². The molecule has 29 heteroatoms. The Morgan fingerprint density at radius 1 is 0.735 bits per heavy atom. The zero-order chi connectivity index (χ0) is 71.3. The quantitative estimate of drug-likeness (QED) is 0.0130. The number of aromatic hydroxyl groups is 1. The molecule has 0 radical (unpaired) electrons. The predicted octanol–water partition coefficient (Wildman–Crippen LogP) is 2.20. The van der Waals surface area contributed by atoms with Crippen molar-refractivity contribution in [2.45, 2.75) is 172 Å². The number of aromatic amines is 2. The number of Topliss-reactive ketones (excluding diaryl/α,β-unsaturated/α-hetero) is 5. The number of aromatic nitrogens is 3. The van der Waals surface area contributed by atoms with Crippen LogP contribution in [0, 0.1) is 29.6 Å². The van der Waals surface area contributed by atoms with E-state index in [-0.39, 0.29) is 164 Å². The average Bonchev–Trinajstić information content (AvgIpc) is 1.60. The molecule has 4 heterocycles. The van der Waals surface area contributed by atoms with Crippen LogP contribution in [0.5, 0.6) is 5.75 Å². The summed E-state index contributed by atoms with van der Waals surface area (Å²) in [5, 5.41) is 36.0. The van der Waals surface area contributed by atoms with Crippen LogP contribution >= 0.6 is 12.6 Å². The van der Waals surface area contributed by atoms with Gasteiger partial charge in [-0.25, -0.2) is 4.98 Å². The normalized spacial score (nSPS) is 16.6. The number of aliphatic imine (C=N–C) groups is 1. The molecule has 2 aliphatic heterocycles. The van der Waals surface area contributed by atoms with Crippen molar-refractivity contribution >= 4 is 99.8 Å². The highest BCUT2D eigenvalue weighted by molar-refractivity contribution is 7.80. The van der Waals surface area contributed by atoms with Crippen LogP contribution in [0.15, 0.2) is 72.2 Å². The molecule has 0 aliphatic carbocycles. The van der Waals surface area contributed by atoms with Gasteiger partial charge in [-0.05, 0) is 93.0 Å². The van der Waals surface area contributed by atoms with E-state index >= 15 is 4.79 Å². The zero-order valence-electron chi connectivity index (χ0n) is 55.9. The van der Waals surface area contributed by atoms with Crippen molar-refractivity contribution in [1.29, 1.82) is 0 Å². The van der Waals surface area contributed by atoms with E-state index < -0.39 is 120 Å². The van der Waals surface area contributed by atoms with Crippen LogP contribution in [0.25, 0.3) is 10.9 Å². The first-order valence-electron chi connectivity index (χ1n) is 33.8. The van der Waals surface area contributed by atoms with Gasteiger partial charge in [0.2, 0.25) is 41.4 Å². The third-order valence-corrected chi connectivity index (χ3v) is 17.9. The number of aliphatic hydroxyl groups excluding tert-OH is 1. The Hall–Kier alpha value is -8.83. The van der Waals surface area contributed by atoms with Gasteiger partial charge in [-0.1, -0.05) is 50.6 Å². The highest BCUT2D eigenvalue weighted by Crippen LogP contribution is 2.28. The van der Waals surface area contributed by atoms with Crippen LogP contribution in [-0.2, 0) is 81.5 Å². The number of aliphatic hydroxyl groups is 1. The molecule has 0 spiro atoms. The third kappa shape index (κ3) is 25.5. The van der Waals surface area contributed by atoms with Gasteiger partial charge in [0, 0.05) is 130 Å². The van der Waals surface area contributed by atoms with E-state index in [1.807, 2.05) is 32.0 Å². The maximum Gasteiger partial charge on any atom is 0.226 e. The van der Waals surface area contributed by atoms with Crippen molar-refractivity contribution in [2.75, 3.05) is 45.2 Å². The Balaban J connectivity index is 1.26. The number of rotatable bonds is 46. The molecular weight excluding hydrogens is 1280 g/mol. The molecule has 534 valence electrons. The molecule has 2 aliphatic rings. The van der Waals surface area contributed by atoms with E-state index in [1.165, 1.54) is 41.7 Å². The molecule has 15 N–H and O–H groups in total. The Kier molecular flexibility index (Phi) is 32.0. The summed E-state index contributed by atoms with van der Waals surface area (Å²) < 4.78 is 5.39. The number of nitrogens with zero attached hydrogens (tertiary/aromatic N) is 3. The lowest BCUT2D eigenvalue weighted by molar-refractivity contribution is -0.143. The van der Waals surface area contributed by atoms with Crippen LogP contribution in [0.2, 0.25) is 0 Å². The Morgan fingerprint density at radius 3 is 2.06 bits per heavy atom. The first-order chi connectivity index (χ1) is 46.9. The lowest BCUT2D eigenvalue weighted by Gasteiger charge is -2.29. The number of ether oxygens (including phenoxy) is 1. The number of para-hydroxylation sites is 1. The first-order valence-corrected chi connectivity index (χ1v) is 34.4. The summed E-state index contributed by atoms with van der Waals surface area (Å²) in [5.41, 5.74) is 18.9. The summed E-state index contributed by atoms with van der Waals surface area (Å²) >= 11 is 4.12. The number of H-pyrrole nitrogens is 2. The van der Waals surface area contributed by atoms with Crippen molar-refractivity contribution < 1.29 is 72.5 Å². The van der Waals surface area contributed by atoms with Gasteiger partial charge in [-0.2, -0.15) is 12.6 Å². The largest absolute Gasteiger partial charge is 0.508 e. The highest BCUT2D eigenvalue weighted by Gasteiger charge is 2.40. The number of phenolic OH excluding ortho intramolecular Hbond substituents is 1. The fraction of sp³-hybridized carbons (Fsp3) is 0.565. The molecule has 2 aromatic carbocycles. The van der Waals surface area contributed by atoms with Crippen LogP contribution in [-0.4, -0.2) is 182 Å². The van der Waals surface area contributed by atoms with E-state index in [4.69, 9.17) is 21.9 Å². The average molecular weight is 1380 g/mol. The third-order valence-electron chi connectivity index (χ3n) is 17.7. The number of unbranched alkanes of at least 4 members (excludes halogenated alkanes) is 1. The van der Waals surface area contributed by atoms with Crippen molar-refractivity contribution in [2.24, 2.45) is 51.8 Å². The van der Waals surface area contributed by atoms with Crippen LogP contribution in [0.4, 0.5) is 0 Å². The highest BCUT2D eigenvalue weighted by atomic mass is 32.1. The number of phenols is 1. The molecule has 0 unspecified atom stereocenters. The number of nitrogens with one attached hydrogen (secondary N) is 7. The summed E-state index contributed by atoms with van der Waals surface area (Å²) in [6.07, 6.45) is 4.67. The minimum atomic E-state index is -1.51. The number of amides is 7. The second kappa shape index (κ2) is 40.2. The summed E-state index contributed by atoms with van der Waals surface area (Å²) in [7, 11) is 0. The van der Waals surface area contributed by atoms with Crippen molar-refractivity contribution in [3.63, 3.8) is 0 Å². The number of guanidine groups is 1. The van der Waals surface area contributed by atoms with Crippen molar-refractivity contribution in [3.05, 3.63) is 84.1 Å². The van der Waals surface area contributed by atoms with Gasteiger partial charge in [0.1, 0.15) is 5.75 Å². The van der Waals surface area contributed by atoms with Gasteiger partial charge in [-0.15, -0.1) is 0 Å². The monoisotopic (exact) mass is 1380 g/mol. The number of carbonyl (C=O) groups excluding carboxylic acids is 12. The number of hydrogen-bond donors (Lipinski definition) is 13. The second-order valence-electron chi connectivity index (χ2n) is 25.8. The Labute approximate surface area is 575 Å². The van der Waals surface area contributed by atoms with Gasteiger partial charge < -0.3 is 73.6 Å². The number of fused-ring (bicyclic) bond motifs is 1. The van der Waals surface area contributed by atoms with Gasteiger partial charge in [0.05, 0.1) is 68.2 Å². The maximum atomic E-state index is 15.1. The van der Waals surface area contributed by atoms with Gasteiger partial charge >= 0.3 is 0 Å². The molecule has 2 fully saturated rings. The molecule has 7 amide bonds. The molecule has 0 saturated carbocycles. The standard InChI is InChI=1S/C69H97N13O15S/c1-41(2)29-53(60(88)34-44(10-7-24-75-69(71)72)68(96)82-25-8-13-56(82)57(85)19-20-62(70)90)79-65(93)43(9-5-6-23-74-63(91)22-26-97-27-28-98)33-59(87)54(30-42-14-16-49(84)17-15-42)80-67(95)47(39-83)36-61(89)55(32-46-37-76-51-12-4-3-11-50(46)51)81-66(94)45(31-48-38-73-40-77-48)35-58(86)52-18-21-64(92)78-52/h3-4,11-12,14-17,37-38,40-41,43-45,47,52-56,76,83-84,98H,5-10,13,18-36,39H2,1-2H3,(H2,70,90)(H,73,77)(H,74,91)(H,78,92)(H,79,93)(H,80,95)(H,81,94)(H4,71,72,75)/t43-,44+,45+,47-,52-,53-,54-,55-,56+/m0/s1. The first kappa shape index (κ1) is 78.2. The number of ketones is 5. The lowest BCUT2D eigenvalue weighted by atomic mass is 9.87. The van der Waals surface area contributed by atoms with Gasteiger partial charge in [0.25, 0.3) is 0 Å². The Morgan fingerprint density at radius 2 is 1.40 bits per heavy atom. The molecule has 4 aromatic rings. The number of carbonyl (C=O) groups is 12. The van der Waals surface area contributed by atoms with Crippen molar-refractivity contribution in [1.82, 2.24) is 46.4 Å². The number of nitrogens with two attached hydrogens (primary N) is 3. The molecule has 2 saturated heterocycles. The minimum absolute atomic E-state index is 0.00912. The topological polar surface area (TPSA) is 453 Å². The van der Waals surface area contributed by atoms with E-state index in [9.17, 15) is 63.0 Å². The molecule has 9 atom stereocenters. The second-order valence-corrected chi connectivity index (χ2v) is 26.3. The SMILES string of the molecule is CC(C)C[C@H](NC(=O)[C@@H](CCCCNC(=O)CCOCCS)CC(=O)[C@H](Cc1ccc(O)cc1)NC(=O)[C@H](CO)CC(=O)[C@H](Cc1c[nH]c2ccccc12)NC(=O)[C@@H](CC(=O)[C@@H]1CCC(=O)N1)Cc1cnc[nH]1)C(=O)C[C@@H](CCCN=C(N)N)C(=O)N1CCC[C@@H]1C(=O)CCC(N)=O. The molecule has 0 bridgehead atoms. The lowest BCUT2D eigenvalue weighted by Crippen LogP contribution is -2.50. The number of thiol groups is 1. The van der Waals surface area contributed by atoms with Gasteiger partial charge in [0.15, 0.2) is 34.9 Å². The van der Waals surface area contributed by atoms with Crippen LogP contribution in [0.3, 0.4) is 0 Å².